The van der Waals surface area contributed by atoms with Crippen molar-refractivity contribution in [3.8, 4) is 11.8 Å². The number of aliphatic carboxylic acids is 1. The van der Waals surface area contributed by atoms with Crippen molar-refractivity contribution in [2.24, 2.45) is 0 Å². The van der Waals surface area contributed by atoms with Crippen LogP contribution in [0.1, 0.15) is 22.3 Å². The Morgan fingerprint density at radius 3 is 2.35 bits per heavy atom. The Labute approximate surface area is 206 Å². The molecule has 0 saturated heterocycles. The molecular formula is C25H21BrN2O5S. The van der Waals surface area contributed by atoms with Crippen LogP contribution >= 0.6 is 15.9 Å². The Kier molecular flexibility index (Phi) is 8.23. The van der Waals surface area contributed by atoms with E-state index in [0.29, 0.717) is 21.2 Å². The van der Waals surface area contributed by atoms with Gasteiger partial charge in [0, 0.05) is 23.6 Å². The van der Waals surface area contributed by atoms with E-state index in [0.717, 1.165) is 11.6 Å². The summed E-state index contributed by atoms with van der Waals surface area (Å²) in [5, 5.41) is 17.9. The van der Waals surface area contributed by atoms with Crippen molar-refractivity contribution < 1.29 is 23.1 Å². The highest BCUT2D eigenvalue weighted by Crippen LogP contribution is 2.29. The highest BCUT2D eigenvalue weighted by Gasteiger charge is 2.28. The minimum atomic E-state index is -3.96. The molecule has 0 saturated carbocycles. The number of ether oxygens (including phenoxy) is 1. The normalized spacial score (nSPS) is 11.5. The van der Waals surface area contributed by atoms with Crippen molar-refractivity contribution in [3.63, 3.8) is 0 Å². The molecule has 0 aliphatic carbocycles. The molecule has 7 nitrogen and oxygen atoms in total. The average molecular weight is 541 g/mol. The number of para-hydroxylation sites is 1. The number of carbonyl (C=O) groups is 1. The maximum atomic E-state index is 13.7. The summed E-state index contributed by atoms with van der Waals surface area (Å²) in [4.78, 5) is 10.9. The zero-order valence-electron chi connectivity index (χ0n) is 18.2. The summed E-state index contributed by atoms with van der Waals surface area (Å²) in [5.74, 6) is -0.824. The van der Waals surface area contributed by atoms with Crippen molar-refractivity contribution in [2.45, 2.75) is 18.0 Å². The molecule has 0 heterocycles. The molecule has 3 aromatic carbocycles. The number of hydrogen-bond donors (Lipinski definition) is 1. The minimum Gasteiger partial charge on any atom is -0.495 e. The van der Waals surface area contributed by atoms with Gasteiger partial charge in [0.25, 0.3) is 0 Å². The molecule has 0 aromatic heterocycles. The lowest BCUT2D eigenvalue weighted by atomic mass is 10.1. The van der Waals surface area contributed by atoms with Crippen LogP contribution in [0.25, 0.3) is 6.08 Å². The van der Waals surface area contributed by atoms with Gasteiger partial charge in [-0.05, 0) is 53.1 Å². The average Bonchev–Trinajstić information content (AvgIpc) is 2.83. The fourth-order valence-electron chi connectivity index (χ4n) is 3.25. The fourth-order valence-corrected chi connectivity index (χ4v) is 5.38. The third-order valence-electron chi connectivity index (χ3n) is 4.96. The Morgan fingerprint density at radius 2 is 1.74 bits per heavy atom. The van der Waals surface area contributed by atoms with Crippen LogP contribution < -0.4 is 4.74 Å². The quantitative estimate of drug-likeness (QED) is 0.390. The predicted octanol–water partition coefficient (Wildman–Crippen LogP) is 4.82. The zero-order chi connectivity index (χ0) is 24.7. The molecule has 0 spiro atoms. The van der Waals surface area contributed by atoms with E-state index in [4.69, 9.17) is 15.1 Å². The van der Waals surface area contributed by atoms with Crippen molar-refractivity contribution in [3.05, 3.63) is 99.5 Å². The van der Waals surface area contributed by atoms with Gasteiger partial charge in [0.1, 0.15) is 10.6 Å². The highest BCUT2D eigenvalue weighted by molar-refractivity contribution is 9.10. The van der Waals surface area contributed by atoms with Gasteiger partial charge in [-0.25, -0.2) is 13.2 Å². The minimum absolute atomic E-state index is 0.0474. The zero-order valence-corrected chi connectivity index (χ0v) is 20.6. The number of carboxylic acids is 1. The first-order valence-electron chi connectivity index (χ1n) is 10.1. The smallest absolute Gasteiger partial charge is 0.328 e. The van der Waals surface area contributed by atoms with E-state index >= 15 is 0 Å². The molecule has 0 aliphatic heterocycles. The number of hydrogen-bond acceptors (Lipinski definition) is 5. The summed E-state index contributed by atoms with van der Waals surface area (Å²) >= 11 is 3.43. The molecule has 0 bridgehead atoms. The standard InChI is InChI=1S/C25H21BrN2O5S/c1-33-23-4-2-3-5-24(23)34(31,32)28(16-19-8-6-18(15-27)7-9-19)17-20-10-11-21(22(26)14-20)12-13-25(29)30/h2-14H,16-17H2,1H3,(H,29,30)/b13-12+. The summed E-state index contributed by atoms with van der Waals surface area (Å²) in [7, 11) is -2.55. The number of benzene rings is 3. The van der Waals surface area contributed by atoms with Crippen LogP contribution in [0, 0.1) is 11.3 Å². The molecule has 3 rings (SSSR count). The molecule has 9 heteroatoms. The topological polar surface area (TPSA) is 108 Å². The lowest BCUT2D eigenvalue weighted by Gasteiger charge is -2.24. The third kappa shape index (κ3) is 6.11. The van der Waals surface area contributed by atoms with Crippen molar-refractivity contribution in [2.75, 3.05) is 7.11 Å². The first-order valence-corrected chi connectivity index (χ1v) is 12.3. The Morgan fingerprint density at radius 1 is 1.09 bits per heavy atom. The molecule has 0 atom stereocenters. The van der Waals surface area contributed by atoms with Gasteiger partial charge >= 0.3 is 5.97 Å². The molecule has 3 aromatic rings. The maximum Gasteiger partial charge on any atom is 0.328 e. The number of methoxy groups -OCH3 is 1. The SMILES string of the molecule is COc1ccccc1S(=O)(=O)N(Cc1ccc(C#N)cc1)Cc1ccc(/C=C/C(=O)O)c(Br)c1. The number of rotatable bonds is 9. The number of nitriles is 1. The van der Waals surface area contributed by atoms with E-state index in [-0.39, 0.29) is 23.7 Å². The van der Waals surface area contributed by atoms with Crippen LogP contribution in [0.5, 0.6) is 5.75 Å². The first-order chi connectivity index (χ1) is 16.2. The maximum absolute atomic E-state index is 13.7. The molecule has 0 fully saturated rings. The number of halogens is 1. The number of sulfonamides is 1. The Balaban J connectivity index is 2.00. The molecule has 0 aliphatic rings. The van der Waals surface area contributed by atoms with E-state index in [9.17, 15) is 13.2 Å². The molecule has 1 N–H and O–H groups in total. The molecule has 0 unspecified atom stereocenters. The second-order valence-electron chi connectivity index (χ2n) is 7.26. The number of nitrogens with zero attached hydrogens (tertiary/aromatic N) is 2. The van der Waals surface area contributed by atoms with Gasteiger partial charge in [-0.3, -0.25) is 0 Å². The van der Waals surface area contributed by atoms with Crippen molar-refractivity contribution >= 4 is 38.0 Å². The van der Waals surface area contributed by atoms with E-state index in [2.05, 4.69) is 22.0 Å². The summed E-state index contributed by atoms with van der Waals surface area (Å²) in [5.41, 5.74) is 2.55. The van der Waals surface area contributed by atoms with Gasteiger partial charge in [0.05, 0.1) is 18.7 Å². The van der Waals surface area contributed by atoms with Gasteiger partial charge in [0.15, 0.2) is 0 Å². The second-order valence-corrected chi connectivity index (χ2v) is 10.0. The van der Waals surface area contributed by atoms with Gasteiger partial charge in [-0.2, -0.15) is 9.57 Å². The molecule has 0 radical (unpaired) electrons. The van der Waals surface area contributed by atoms with Crippen LogP contribution in [0.4, 0.5) is 0 Å². The fraction of sp³-hybridized carbons (Fsp3) is 0.120. The lowest BCUT2D eigenvalue weighted by molar-refractivity contribution is -0.131. The second kappa shape index (κ2) is 11.1. The van der Waals surface area contributed by atoms with E-state index in [1.54, 1.807) is 60.7 Å². The Bertz CT molecular complexity index is 1360. The molecule has 174 valence electrons. The van der Waals surface area contributed by atoms with Crippen molar-refractivity contribution in [1.82, 2.24) is 4.31 Å². The molecule has 34 heavy (non-hydrogen) atoms. The molecule has 0 amide bonds. The van der Waals surface area contributed by atoms with Crippen LogP contribution in [-0.4, -0.2) is 30.9 Å². The first kappa shape index (κ1) is 25.2. The van der Waals surface area contributed by atoms with E-state index in [1.165, 1.54) is 23.6 Å². The summed E-state index contributed by atoms with van der Waals surface area (Å²) < 4.78 is 34.6. The van der Waals surface area contributed by atoms with Crippen LogP contribution in [-0.2, 0) is 27.9 Å². The van der Waals surface area contributed by atoms with E-state index < -0.39 is 16.0 Å². The summed E-state index contributed by atoms with van der Waals surface area (Å²) in [6.07, 6.45) is 2.49. The largest absolute Gasteiger partial charge is 0.495 e. The Hall–Kier alpha value is -3.45. The lowest BCUT2D eigenvalue weighted by Crippen LogP contribution is -2.30. The van der Waals surface area contributed by atoms with Gasteiger partial charge in [-0.15, -0.1) is 0 Å². The van der Waals surface area contributed by atoms with Gasteiger partial charge < -0.3 is 9.84 Å². The van der Waals surface area contributed by atoms with Crippen LogP contribution in [0.3, 0.4) is 0 Å². The summed E-state index contributed by atoms with van der Waals surface area (Å²) in [6, 6.07) is 20.4. The van der Waals surface area contributed by atoms with Crippen LogP contribution in [0.2, 0.25) is 0 Å². The van der Waals surface area contributed by atoms with Crippen molar-refractivity contribution in [1.29, 1.82) is 5.26 Å². The van der Waals surface area contributed by atoms with Crippen LogP contribution in [0.15, 0.2) is 82.2 Å². The monoisotopic (exact) mass is 540 g/mol. The number of carboxylic acid groups (broad SMARTS) is 1. The molecular weight excluding hydrogens is 520 g/mol. The predicted molar refractivity (Wildman–Crippen MR) is 131 cm³/mol. The third-order valence-corrected chi connectivity index (χ3v) is 7.48. The van der Waals surface area contributed by atoms with Gasteiger partial charge in [-0.1, -0.05) is 52.3 Å². The van der Waals surface area contributed by atoms with E-state index in [1.807, 2.05) is 0 Å². The van der Waals surface area contributed by atoms with Gasteiger partial charge in [0.2, 0.25) is 10.0 Å². The summed E-state index contributed by atoms with van der Waals surface area (Å²) in [6.45, 7) is 0.131. The highest BCUT2D eigenvalue weighted by atomic mass is 79.9.